The summed E-state index contributed by atoms with van der Waals surface area (Å²) >= 11 is 0. The fraction of sp³-hybridized carbons (Fsp3) is 0.941. The van der Waals surface area contributed by atoms with Crippen LogP contribution in [-0.4, -0.2) is 50.8 Å². The minimum Gasteiger partial charge on any atom is -0.462 e. The van der Waals surface area contributed by atoms with Gasteiger partial charge in [-0.3, -0.25) is 4.79 Å². The van der Waals surface area contributed by atoms with Gasteiger partial charge in [0, 0.05) is 29.5 Å². The Bertz CT molecular complexity index is 401. The van der Waals surface area contributed by atoms with Crippen molar-refractivity contribution in [2.75, 3.05) is 6.16 Å². The lowest BCUT2D eigenvalue weighted by Crippen LogP contribution is -2.60. The molecule has 1 fully saturated rings. The van der Waals surface area contributed by atoms with Crippen molar-refractivity contribution in [1.82, 2.24) is 5.06 Å². The number of carbonyl (C=O) groups excluding carboxylic acids is 1. The predicted octanol–water partition coefficient (Wildman–Crippen LogP) is 3.13. The standard InChI is InChI=1S/C17H35N2O3P/c1-8-23-13(11-15(2,3)18)14(20)22-12-9-16(4,5)19(21)17(6,7)10-12/h12-13,21,23H,8-11,18H2,1-7H3. The number of carbonyl (C=O) groups is 1. The second kappa shape index (κ2) is 7.35. The Kier molecular flexibility index (Phi) is 6.65. The van der Waals surface area contributed by atoms with Gasteiger partial charge >= 0.3 is 5.97 Å². The molecule has 0 bridgehead atoms. The van der Waals surface area contributed by atoms with Crippen molar-refractivity contribution in [3.63, 3.8) is 0 Å². The van der Waals surface area contributed by atoms with Crippen LogP contribution >= 0.6 is 8.58 Å². The van der Waals surface area contributed by atoms with Gasteiger partial charge in [-0.05, 0) is 54.1 Å². The molecule has 0 aromatic carbocycles. The molecule has 5 nitrogen and oxygen atoms in total. The molecular weight excluding hydrogens is 311 g/mol. The molecule has 1 aliphatic heterocycles. The van der Waals surface area contributed by atoms with E-state index in [1.165, 1.54) is 5.06 Å². The highest BCUT2D eigenvalue weighted by Crippen LogP contribution is 2.38. The highest BCUT2D eigenvalue weighted by atomic mass is 31.1. The number of ether oxygens (including phenoxy) is 1. The zero-order valence-electron chi connectivity index (χ0n) is 15.8. The third-order valence-corrected chi connectivity index (χ3v) is 5.69. The molecule has 0 radical (unpaired) electrons. The summed E-state index contributed by atoms with van der Waals surface area (Å²) in [5.74, 6) is -0.133. The molecule has 23 heavy (non-hydrogen) atoms. The molecule has 1 aliphatic rings. The van der Waals surface area contributed by atoms with Gasteiger partial charge in [0.05, 0.1) is 5.66 Å². The first-order chi connectivity index (χ1) is 10.3. The van der Waals surface area contributed by atoms with Crippen molar-refractivity contribution in [3.05, 3.63) is 0 Å². The molecular formula is C17H35N2O3P. The molecule has 0 aromatic rings. The molecule has 1 saturated heterocycles. The van der Waals surface area contributed by atoms with Crippen LogP contribution < -0.4 is 5.73 Å². The number of hydrogen-bond donors (Lipinski definition) is 2. The first kappa shape index (κ1) is 20.8. The molecule has 2 unspecified atom stereocenters. The maximum absolute atomic E-state index is 12.6. The lowest BCUT2D eigenvalue weighted by atomic mass is 9.80. The van der Waals surface area contributed by atoms with E-state index in [1.54, 1.807) is 0 Å². The van der Waals surface area contributed by atoms with Crippen LogP contribution in [0.2, 0.25) is 0 Å². The van der Waals surface area contributed by atoms with Crippen molar-refractivity contribution in [2.24, 2.45) is 5.73 Å². The van der Waals surface area contributed by atoms with Gasteiger partial charge in [-0.2, -0.15) is 5.06 Å². The van der Waals surface area contributed by atoms with Gasteiger partial charge in [0.2, 0.25) is 0 Å². The number of piperidine rings is 1. The molecule has 1 rings (SSSR count). The first-order valence-corrected chi connectivity index (χ1v) is 9.79. The Labute approximate surface area is 143 Å². The van der Waals surface area contributed by atoms with Gasteiger partial charge in [-0.15, -0.1) is 8.58 Å². The Morgan fingerprint density at radius 2 is 1.83 bits per heavy atom. The molecule has 3 N–H and O–H groups in total. The van der Waals surface area contributed by atoms with E-state index < -0.39 is 11.1 Å². The van der Waals surface area contributed by atoms with Crippen LogP contribution in [0.3, 0.4) is 0 Å². The van der Waals surface area contributed by atoms with E-state index >= 15 is 0 Å². The number of nitrogens with two attached hydrogens (primary N) is 1. The van der Waals surface area contributed by atoms with Crippen LogP contribution in [0, 0.1) is 0 Å². The minimum absolute atomic E-state index is 0.126. The van der Waals surface area contributed by atoms with Crippen molar-refractivity contribution < 1.29 is 14.7 Å². The predicted molar refractivity (Wildman–Crippen MR) is 96.4 cm³/mol. The third kappa shape index (κ3) is 5.97. The number of hydroxylamine groups is 2. The average molecular weight is 346 g/mol. The van der Waals surface area contributed by atoms with Crippen LogP contribution in [0.15, 0.2) is 0 Å². The minimum atomic E-state index is -0.414. The highest BCUT2D eigenvalue weighted by molar-refractivity contribution is 7.40. The molecule has 0 spiro atoms. The number of hydrogen-bond acceptors (Lipinski definition) is 5. The summed E-state index contributed by atoms with van der Waals surface area (Å²) in [7, 11) is 0.534. The van der Waals surface area contributed by atoms with Crippen LogP contribution in [0.1, 0.15) is 67.7 Å². The fourth-order valence-electron chi connectivity index (χ4n) is 3.52. The fourth-order valence-corrected chi connectivity index (χ4v) is 4.92. The van der Waals surface area contributed by atoms with E-state index in [1.807, 2.05) is 41.5 Å². The van der Waals surface area contributed by atoms with Crippen LogP contribution in [0.4, 0.5) is 0 Å². The molecule has 6 heteroatoms. The van der Waals surface area contributed by atoms with E-state index in [0.717, 1.165) is 6.16 Å². The van der Waals surface area contributed by atoms with E-state index in [2.05, 4.69) is 6.92 Å². The largest absolute Gasteiger partial charge is 0.462 e. The van der Waals surface area contributed by atoms with Crippen molar-refractivity contribution in [1.29, 1.82) is 0 Å². The van der Waals surface area contributed by atoms with Gasteiger partial charge in [0.1, 0.15) is 6.10 Å². The van der Waals surface area contributed by atoms with Crippen LogP contribution in [0.25, 0.3) is 0 Å². The smallest absolute Gasteiger partial charge is 0.313 e. The van der Waals surface area contributed by atoms with E-state index in [4.69, 9.17) is 10.5 Å². The topological polar surface area (TPSA) is 75.8 Å². The Balaban J connectivity index is 2.78. The zero-order chi connectivity index (χ0) is 18.1. The molecule has 136 valence electrons. The van der Waals surface area contributed by atoms with E-state index in [-0.39, 0.29) is 23.3 Å². The van der Waals surface area contributed by atoms with Crippen LogP contribution in [0.5, 0.6) is 0 Å². The summed E-state index contributed by atoms with van der Waals surface area (Å²) < 4.78 is 5.85. The summed E-state index contributed by atoms with van der Waals surface area (Å²) in [5.41, 5.74) is 4.77. The monoisotopic (exact) mass is 346 g/mol. The Morgan fingerprint density at radius 3 is 2.22 bits per heavy atom. The molecule has 1 heterocycles. The summed E-state index contributed by atoms with van der Waals surface area (Å²) in [4.78, 5) is 12.6. The van der Waals surface area contributed by atoms with E-state index in [0.29, 0.717) is 27.8 Å². The Morgan fingerprint density at radius 1 is 1.35 bits per heavy atom. The number of rotatable bonds is 6. The zero-order valence-corrected chi connectivity index (χ0v) is 16.8. The lowest BCUT2D eigenvalue weighted by Gasteiger charge is -2.51. The second-order valence-electron chi connectivity index (χ2n) is 8.71. The Hall–Kier alpha value is -0.220. The van der Waals surface area contributed by atoms with Crippen molar-refractivity contribution >= 4 is 14.6 Å². The number of esters is 1. The van der Waals surface area contributed by atoms with Gasteiger partial charge in [-0.25, -0.2) is 0 Å². The van der Waals surface area contributed by atoms with Gasteiger partial charge < -0.3 is 15.7 Å². The van der Waals surface area contributed by atoms with E-state index in [9.17, 15) is 10.0 Å². The van der Waals surface area contributed by atoms with Gasteiger partial charge in [-0.1, -0.05) is 6.92 Å². The lowest BCUT2D eigenvalue weighted by molar-refractivity contribution is -0.259. The van der Waals surface area contributed by atoms with Gasteiger partial charge in [0.25, 0.3) is 0 Å². The highest BCUT2D eigenvalue weighted by Gasteiger charge is 2.46. The summed E-state index contributed by atoms with van der Waals surface area (Å²) in [6, 6.07) is 0. The normalized spacial score (nSPS) is 24.0. The maximum Gasteiger partial charge on any atom is 0.313 e. The molecule has 2 atom stereocenters. The summed E-state index contributed by atoms with van der Waals surface area (Å²) in [5, 5.41) is 11.7. The van der Waals surface area contributed by atoms with Gasteiger partial charge in [0.15, 0.2) is 0 Å². The second-order valence-corrected chi connectivity index (χ2v) is 10.5. The molecule has 0 amide bonds. The summed E-state index contributed by atoms with van der Waals surface area (Å²) in [6.07, 6.45) is 2.70. The first-order valence-electron chi connectivity index (χ1n) is 8.50. The van der Waals surface area contributed by atoms with Crippen LogP contribution in [-0.2, 0) is 9.53 Å². The molecule has 0 saturated carbocycles. The van der Waals surface area contributed by atoms with Crippen molar-refractivity contribution in [2.45, 2.75) is 96.1 Å². The third-order valence-electron chi connectivity index (χ3n) is 4.35. The SMILES string of the molecule is CCPC(CC(C)(C)N)C(=O)OC1CC(C)(C)N(O)C(C)(C)C1. The maximum atomic E-state index is 12.6. The van der Waals surface area contributed by atoms with Crippen molar-refractivity contribution in [3.8, 4) is 0 Å². The average Bonchev–Trinajstić information content (AvgIpc) is 2.33. The summed E-state index contributed by atoms with van der Waals surface area (Å²) in [6.45, 7) is 13.9. The molecule has 0 aromatic heterocycles. The number of nitrogens with zero attached hydrogens (tertiary/aromatic N) is 1. The molecule has 0 aliphatic carbocycles. The quantitative estimate of drug-likeness (QED) is 0.571.